The molecule has 1 rings (SSSR count). The van der Waals surface area contributed by atoms with E-state index in [0.717, 1.165) is 12.1 Å². The van der Waals surface area contributed by atoms with Crippen molar-refractivity contribution >= 4 is 0 Å². The van der Waals surface area contributed by atoms with Crippen LogP contribution in [0.5, 0.6) is 5.75 Å². The molecule has 0 spiro atoms. The number of aryl methyl sites for hydroxylation is 1. The molecule has 14 heavy (non-hydrogen) atoms. The zero-order chi connectivity index (χ0) is 10.7. The number of rotatable bonds is 3. The Balaban J connectivity index is 2.99. The maximum absolute atomic E-state index is 9.72. The number of benzene rings is 1. The second-order valence-electron chi connectivity index (χ2n) is 3.81. The summed E-state index contributed by atoms with van der Waals surface area (Å²) in [7, 11) is 2.06. The van der Waals surface area contributed by atoms with Crippen LogP contribution in [-0.2, 0) is 0 Å². The Morgan fingerprint density at radius 2 is 2.07 bits per heavy atom. The predicted octanol–water partition coefficient (Wildman–Crippen LogP) is 2.71. The SMILES string of the molecule is CCN(C)C(C)c1cc(C)ccc1O. The Bertz CT molecular complexity index is 309. The lowest BCUT2D eigenvalue weighted by atomic mass is 10.0. The summed E-state index contributed by atoms with van der Waals surface area (Å²) in [6.45, 7) is 7.25. The molecule has 1 aromatic rings. The molecule has 0 bridgehead atoms. The summed E-state index contributed by atoms with van der Waals surface area (Å²) in [6, 6.07) is 6.01. The predicted molar refractivity (Wildman–Crippen MR) is 59.6 cm³/mol. The first-order valence-corrected chi connectivity index (χ1v) is 5.06. The van der Waals surface area contributed by atoms with Crippen molar-refractivity contribution < 1.29 is 5.11 Å². The minimum Gasteiger partial charge on any atom is -0.508 e. The van der Waals surface area contributed by atoms with Crippen molar-refractivity contribution in [2.75, 3.05) is 13.6 Å². The third-order valence-electron chi connectivity index (χ3n) is 2.79. The van der Waals surface area contributed by atoms with Crippen LogP contribution in [0, 0.1) is 6.92 Å². The van der Waals surface area contributed by atoms with Gasteiger partial charge in [-0.25, -0.2) is 0 Å². The van der Waals surface area contributed by atoms with Crippen LogP contribution in [0.3, 0.4) is 0 Å². The molecule has 1 aromatic carbocycles. The Morgan fingerprint density at radius 3 is 2.64 bits per heavy atom. The van der Waals surface area contributed by atoms with E-state index in [2.05, 4.69) is 25.8 Å². The molecule has 1 N–H and O–H groups in total. The fraction of sp³-hybridized carbons (Fsp3) is 0.500. The van der Waals surface area contributed by atoms with Gasteiger partial charge in [0.2, 0.25) is 0 Å². The molecule has 78 valence electrons. The highest BCUT2D eigenvalue weighted by Gasteiger charge is 2.13. The van der Waals surface area contributed by atoms with Gasteiger partial charge >= 0.3 is 0 Å². The van der Waals surface area contributed by atoms with Gasteiger partial charge in [0.1, 0.15) is 5.75 Å². The van der Waals surface area contributed by atoms with E-state index in [1.807, 2.05) is 19.1 Å². The molecule has 0 fully saturated rings. The molecule has 0 aromatic heterocycles. The van der Waals surface area contributed by atoms with Gasteiger partial charge in [-0.15, -0.1) is 0 Å². The molecule has 0 saturated heterocycles. The zero-order valence-corrected chi connectivity index (χ0v) is 9.41. The molecule has 2 heteroatoms. The standard InChI is InChI=1S/C12H19NO/c1-5-13(4)10(3)11-8-9(2)6-7-12(11)14/h6-8,10,14H,5H2,1-4H3. The minimum absolute atomic E-state index is 0.264. The van der Waals surface area contributed by atoms with Crippen LogP contribution in [0.2, 0.25) is 0 Å². The number of phenols is 1. The van der Waals surface area contributed by atoms with Gasteiger partial charge in [-0.2, -0.15) is 0 Å². The van der Waals surface area contributed by atoms with E-state index in [4.69, 9.17) is 0 Å². The molecular weight excluding hydrogens is 174 g/mol. The fourth-order valence-corrected chi connectivity index (χ4v) is 1.52. The lowest BCUT2D eigenvalue weighted by Gasteiger charge is -2.24. The van der Waals surface area contributed by atoms with Gasteiger partial charge in [-0.1, -0.05) is 24.6 Å². The van der Waals surface area contributed by atoms with Crippen molar-refractivity contribution in [2.24, 2.45) is 0 Å². The van der Waals surface area contributed by atoms with Crippen LogP contribution in [-0.4, -0.2) is 23.6 Å². The van der Waals surface area contributed by atoms with Crippen molar-refractivity contribution in [3.05, 3.63) is 29.3 Å². The van der Waals surface area contributed by atoms with Crippen LogP contribution >= 0.6 is 0 Å². The molecule has 0 aliphatic heterocycles. The maximum atomic E-state index is 9.72. The van der Waals surface area contributed by atoms with Gasteiger partial charge < -0.3 is 5.11 Å². The minimum atomic E-state index is 0.264. The van der Waals surface area contributed by atoms with Crippen molar-refractivity contribution in [1.29, 1.82) is 0 Å². The molecule has 0 aliphatic carbocycles. The quantitative estimate of drug-likeness (QED) is 0.797. The van der Waals surface area contributed by atoms with E-state index in [1.165, 1.54) is 5.56 Å². The summed E-state index contributed by atoms with van der Waals surface area (Å²) >= 11 is 0. The maximum Gasteiger partial charge on any atom is 0.120 e. The van der Waals surface area contributed by atoms with E-state index < -0.39 is 0 Å². The van der Waals surface area contributed by atoms with Gasteiger partial charge in [0.15, 0.2) is 0 Å². The average Bonchev–Trinajstić information content (AvgIpc) is 2.19. The average molecular weight is 193 g/mol. The highest BCUT2D eigenvalue weighted by Crippen LogP contribution is 2.28. The number of phenolic OH excluding ortho intramolecular Hbond substituents is 1. The van der Waals surface area contributed by atoms with Crippen molar-refractivity contribution in [1.82, 2.24) is 4.90 Å². The Morgan fingerprint density at radius 1 is 1.43 bits per heavy atom. The summed E-state index contributed by atoms with van der Waals surface area (Å²) in [5, 5.41) is 9.72. The van der Waals surface area contributed by atoms with Gasteiger partial charge in [0.05, 0.1) is 0 Å². The second kappa shape index (κ2) is 4.47. The van der Waals surface area contributed by atoms with Crippen LogP contribution in [0.4, 0.5) is 0 Å². The molecule has 2 nitrogen and oxygen atoms in total. The summed E-state index contributed by atoms with van der Waals surface area (Å²) < 4.78 is 0. The molecule has 0 amide bonds. The molecule has 0 heterocycles. The zero-order valence-electron chi connectivity index (χ0n) is 9.41. The molecule has 0 aliphatic rings. The lowest BCUT2D eigenvalue weighted by Crippen LogP contribution is -2.21. The van der Waals surface area contributed by atoms with Gasteiger partial charge in [-0.05, 0) is 33.5 Å². The highest BCUT2D eigenvalue weighted by atomic mass is 16.3. The summed E-state index contributed by atoms with van der Waals surface area (Å²) in [4.78, 5) is 2.20. The lowest BCUT2D eigenvalue weighted by molar-refractivity contribution is 0.269. The normalized spacial score (nSPS) is 13.2. The van der Waals surface area contributed by atoms with Gasteiger partial charge in [0.25, 0.3) is 0 Å². The summed E-state index contributed by atoms with van der Waals surface area (Å²) in [5.41, 5.74) is 2.20. The van der Waals surface area contributed by atoms with Crippen LogP contribution < -0.4 is 0 Å². The third-order valence-corrected chi connectivity index (χ3v) is 2.79. The largest absolute Gasteiger partial charge is 0.508 e. The van der Waals surface area contributed by atoms with E-state index in [1.54, 1.807) is 6.07 Å². The van der Waals surface area contributed by atoms with Crippen molar-refractivity contribution in [3.63, 3.8) is 0 Å². The third kappa shape index (κ3) is 2.26. The number of hydrogen-bond acceptors (Lipinski definition) is 2. The smallest absolute Gasteiger partial charge is 0.120 e. The number of hydrogen-bond donors (Lipinski definition) is 1. The van der Waals surface area contributed by atoms with E-state index in [0.29, 0.717) is 5.75 Å². The summed E-state index contributed by atoms with van der Waals surface area (Å²) in [6.07, 6.45) is 0. The van der Waals surface area contributed by atoms with Crippen LogP contribution in [0.25, 0.3) is 0 Å². The van der Waals surface area contributed by atoms with Crippen LogP contribution in [0.1, 0.15) is 31.0 Å². The summed E-state index contributed by atoms with van der Waals surface area (Å²) in [5.74, 6) is 0.392. The Hall–Kier alpha value is -1.02. The first kappa shape index (κ1) is 11.1. The van der Waals surface area contributed by atoms with E-state index in [-0.39, 0.29) is 6.04 Å². The van der Waals surface area contributed by atoms with Crippen LogP contribution in [0.15, 0.2) is 18.2 Å². The van der Waals surface area contributed by atoms with Crippen molar-refractivity contribution in [3.8, 4) is 5.75 Å². The molecule has 0 radical (unpaired) electrons. The highest BCUT2D eigenvalue weighted by molar-refractivity contribution is 5.37. The Labute approximate surface area is 86.2 Å². The fourth-order valence-electron chi connectivity index (χ4n) is 1.52. The first-order valence-electron chi connectivity index (χ1n) is 5.06. The molecule has 1 unspecified atom stereocenters. The van der Waals surface area contributed by atoms with E-state index >= 15 is 0 Å². The van der Waals surface area contributed by atoms with E-state index in [9.17, 15) is 5.11 Å². The first-order chi connectivity index (χ1) is 6.56. The van der Waals surface area contributed by atoms with Gasteiger partial charge in [0, 0.05) is 11.6 Å². The second-order valence-corrected chi connectivity index (χ2v) is 3.81. The topological polar surface area (TPSA) is 23.5 Å². The molecule has 0 saturated carbocycles. The number of nitrogens with zero attached hydrogens (tertiary/aromatic N) is 1. The Kier molecular flexibility index (Phi) is 3.53. The van der Waals surface area contributed by atoms with Gasteiger partial charge in [-0.3, -0.25) is 4.90 Å². The molecular formula is C12H19NO. The number of aromatic hydroxyl groups is 1. The van der Waals surface area contributed by atoms with Crippen molar-refractivity contribution in [2.45, 2.75) is 26.8 Å². The molecule has 1 atom stereocenters. The monoisotopic (exact) mass is 193 g/mol.